The monoisotopic (exact) mass is 200 g/mol. The van der Waals surface area contributed by atoms with E-state index in [1.807, 2.05) is 13.8 Å². The summed E-state index contributed by atoms with van der Waals surface area (Å²) in [5.41, 5.74) is 5.30. The molecule has 1 amide bonds. The van der Waals surface area contributed by atoms with E-state index in [0.29, 0.717) is 19.7 Å². The number of carbonyl (C=O) groups excluding carboxylic acids is 1. The number of ether oxygens (including phenoxy) is 1. The Morgan fingerprint density at radius 2 is 2.29 bits per heavy atom. The molecule has 0 saturated heterocycles. The maximum atomic E-state index is 11.6. The Kier molecular flexibility index (Phi) is 3.89. The van der Waals surface area contributed by atoms with Gasteiger partial charge in [-0.1, -0.05) is 0 Å². The average Bonchev–Trinajstić information content (AvgIpc) is 2.95. The lowest BCUT2D eigenvalue weighted by molar-refractivity contribution is -0.126. The van der Waals surface area contributed by atoms with Gasteiger partial charge < -0.3 is 15.8 Å². The van der Waals surface area contributed by atoms with Gasteiger partial charge >= 0.3 is 0 Å². The molecule has 0 spiro atoms. The van der Waals surface area contributed by atoms with Crippen LogP contribution in [0.2, 0.25) is 0 Å². The van der Waals surface area contributed by atoms with Gasteiger partial charge in [0.15, 0.2) is 0 Å². The van der Waals surface area contributed by atoms with Gasteiger partial charge in [-0.2, -0.15) is 0 Å². The standard InChI is InChI=1S/C10H20N2O2/c1-3-14-8(2)6-12-9(13)10(7-11)4-5-10/h8H,3-7,11H2,1-2H3,(H,12,13). The molecule has 0 aliphatic heterocycles. The van der Waals surface area contributed by atoms with Crippen molar-refractivity contribution < 1.29 is 9.53 Å². The highest BCUT2D eigenvalue weighted by molar-refractivity contribution is 5.85. The van der Waals surface area contributed by atoms with E-state index in [9.17, 15) is 4.79 Å². The summed E-state index contributed by atoms with van der Waals surface area (Å²) < 4.78 is 5.31. The summed E-state index contributed by atoms with van der Waals surface area (Å²) in [4.78, 5) is 11.6. The van der Waals surface area contributed by atoms with Crippen LogP contribution in [0.5, 0.6) is 0 Å². The maximum absolute atomic E-state index is 11.6. The largest absolute Gasteiger partial charge is 0.377 e. The number of amides is 1. The summed E-state index contributed by atoms with van der Waals surface area (Å²) in [6.07, 6.45) is 1.94. The van der Waals surface area contributed by atoms with Crippen molar-refractivity contribution in [2.24, 2.45) is 11.1 Å². The van der Waals surface area contributed by atoms with E-state index in [4.69, 9.17) is 10.5 Å². The highest BCUT2D eigenvalue weighted by atomic mass is 16.5. The lowest BCUT2D eigenvalue weighted by Gasteiger charge is -2.16. The normalized spacial score (nSPS) is 20.2. The number of hydrogen-bond acceptors (Lipinski definition) is 3. The van der Waals surface area contributed by atoms with Gasteiger partial charge in [-0.05, 0) is 26.7 Å². The van der Waals surface area contributed by atoms with Crippen LogP contribution in [0.15, 0.2) is 0 Å². The second kappa shape index (κ2) is 4.75. The Morgan fingerprint density at radius 3 is 2.71 bits per heavy atom. The number of rotatable bonds is 6. The number of nitrogens with two attached hydrogens (primary N) is 1. The summed E-state index contributed by atoms with van der Waals surface area (Å²) in [6.45, 7) is 5.61. The third kappa shape index (κ3) is 2.69. The van der Waals surface area contributed by atoms with Crippen molar-refractivity contribution in [3.63, 3.8) is 0 Å². The Morgan fingerprint density at radius 1 is 1.64 bits per heavy atom. The SMILES string of the molecule is CCOC(C)CNC(=O)C1(CN)CC1. The fourth-order valence-corrected chi connectivity index (χ4v) is 1.44. The van der Waals surface area contributed by atoms with Gasteiger partial charge in [-0.15, -0.1) is 0 Å². The minimum atomic E-state index is -0.244. The topological polar surface area (TPSA) is 64.3 Å². The van der Waals surface area contributed by atoms with Gasteiger partial charge in [0.1, 0.15) is 0 Å². The van der Waals surface area contributed by atoms with Crippen molar-refractivity contribution in [2.75, 3.05) is 19.7 Å². The van der Waals surface area contributed by atoms with E-state index in [-0.39, 0.29) is 17.4 Å². The molecule has 0 heterocycles. The zero-order chi connectivity index (χ0) is 10.6. The summed E-state index contributed by atoms with van der Waals surface area (Å²) in [7, 11) is 0. The van der Waals surface area contributed by atoms with Crippen molar-refractivity contribution in [3.05, 3.63) is 0 Å². The average molecular weight is 200 g/mol. The zero-order valence-electron chi connectivity index (χ0n) is 9.01. The highest BCUT2D eigenvalue weighted by Gasteiger charge is 2.48. The Bertz CT molecular complexity index is 202. The summed E-state index contributed by atoms with van der Waals surface area (Å²) >= 11 is 0. The molecule has 1 aliphatic carbocycles. The predicted molar refractivity (Wildman–Crippen MR) is 54.8 cm³/mol. The molecule has 0 aromatic heterocycles. The van der Waals surface area contributed by atoms with E-state index in [0.717, 1.165) is 12.8 Å². The number of nitrogens with one attached hydrogen (secondary N) is 1. The fraction of sp³-hybridized carbons (Fsp3) is 0.900. The smallest absolute Gasteiger partial charge is 0.227 e. The minimum absolute atomic E-state index is 0.0810. The third-order valence-electron chi connectivity index (χ3n) is 2.73. The Hall–Kier alpha value is -0.610. The van der Waals surface area contributed by atoms with Crippen molar-refractivity contribution in [1.29, 1.82) is 0 Å². The van der Waals surface area contributed by atoms with E-state index >= 15 is 0 Å². The van der Waals surface area contributed by atoms with Crippen LogP contribution in [0.3, 0.4) is 0 Å². The van der Waals surface area contributed by atoms with Crippen LogP contribution in [0.4, 0.5) is 0 Å². The fourth-order valence-electron chi connectivity index (χ4n) is 1.44. The van der Waals surface area contributed by atoms with Crippen LogP contribution in [0.25, 0.3) is 0 Å². The quantitative estimate of drug-likeness (QED) is 0.646. The second-order valence-corrected chi connectivity index (χ2v) is 3.96. The van der Waals surface area contributed by atoms with Crippen molar-refractivity contribution in [3.8, 4) is 0 Å². The van der Waals surface area contributed by atoms with E-state index < -0.39 is 0 Å². The van der Waals surface area contributed by atoms with E-state index in [1.165, 1.54) is 0 Å². The first-order valence-electron chi connectivity index (χ1n) is 5.24. The van der Waals surface area contributed by atoms with Gasteiger partial charge in [-0.25, -0.2) is 0 Å². The van der Waals surface area contributed by atoms with Gasteiger partial charge in [0.2, 0.25) is 5.91 Å². The minimum Gasteiger partial charge on any atom is -0.377 e. The molecule has 1 saturated carbocycles. The maximum Gasteiger partial charge on any atom is 0.227 e. The van der Waals surface area contributed by atoms with E-state index in [2.05, 4.69) is 5.32 Å². The number of hydrogen-bond donors (Lipinski definition) is 2. The van der Waals surface area contributed by atoms with Crippen LogP contribution in [0, 0.1) is 5.41 Å². The third-order valence-corrected chi connectivity index (χ3v) is 2.73. The highest BCUT2D eigenvalue weighted by Crippen LogP contribution is 2.44. The zero-order valence-corrected chi connectivity index (χ0v) is 9.01. The molecule has 0 radical (unpaired) electrons. The molecular weight excluding hydrogens is 180 g/mol. The molecule has 0 aromatic rings. The molecule has 0 aromatic carbocycles. The first-order chi connectivity index (χ1) is 6.64. The molecule has 0 bridgehead atoms. The molecule has 1 aliphatic rings. The molecule has 82 valence electrons. The van der Waals surface area contributed by atoms with Crippen LogP contribution >= 0.6 is 0 Å². The van der Waals surface area contributed by atoms with Crippen molar-refractivity contribution in [1.82, 2.24) is 5.32 Å². The Labute approximate surface area is 85.2 Å². The molecule has 1 rings (SSSR count). The molecule has 4 heteroatoms. The van der Waals surface area contributed by atoms with Crippen molar-refractivity contribution in [2.45, 2.75) is 32.8 Å². The van der Waals surface area contributed by atoms with Gasteiger partial charge in [0.25, 0.3) is 0 Å². The number of carbonyl (C=O) groups is 1. The van der Waals surface area contributed by atoms with Crippen LogP contribution < -0.4 is 11.1 Å². The van der Waals surface area contributed by atoms with E-state index in [1.54, 1.807) is 0 Å². The molecule has 4 nitrogen and oxygen atoms in total. The molecular formula is C10H20N2O2. The molecule has 1 atom stereocenters. The Balaban J connectivity index is 2.21. The summed E-state index contributed by atoms with van der Waals surface area (Å²) in [5, 5.41) is 2.88. The predicted octanol–water partition coefficient (Wildman–Crippen LogP) is 0.267. The summed E-state index contributed by atoms with van der Waals surface area (Å²) in [5.74, 6) is 0.0894. The lowest BCUT2D eigenvalue weighted by Crippen LogP contribution is -2.40. The molecule has 14 heavy (non-hydrogen) atoms. The van der Waals surface area contributed by atoms with Crippen LogP contribution in [-0.4, -0.2) is 31.7 Å². The van der Waals surface area contributed by atoms with Gasteiger partial charge in [-0.3, -0.25) is 4.79 Å². The molecule has 1 unspecified atom stereocenters. The van der Waals surface area contributed by atoms with Gasteiger partial charge in [0, 0.05) is 19.7 Å². The molecule has 3 N–H and O–H groups in total. The lowest BCUT2D eigenvalue weighted by atomic mass is 10.1. The summed E-state index contributed by atoms with van der Waals surface area (Å²) in [6, 6.07) is 0. The first kappa shape index (κ1) is 11.5. The second-order valence-electron chi connectivity index (χ2n) is 3.96. The first-order valence-corrected chi connectivity index (χ1v) is 5.24. The van der Waals surface area contributed by atoms with Crippen LogP contribution in [0.1, 0.15) is 26.7 Å². The van der Waals surface area contributed by atoms with Crippen LogP contribution in [-0.2, 0) is 9.53 Å². The molecule has 1 fully saturated rings. The van der Waals surface area contributed by atoms with Gasteiger partial charge in [0.05, 0.1) is 11.5 Å². The van der Waals surface area contributed by atoms with Crippen molar-refractivity contribution >= 4 is 5.91 Å².